The molecule has 5 rings (SSSR count). The van der Waals surface area contributed by atoms with Crippen molar-refractivity contribution in [1.29, 1.82) is 0 Å². The van der Waals surface area contributed by atoms with E-state index in [1.54, 1.807) is 37.4 Å². The van der Waals surface area contributed by atoms with E-state index in [9.17, 15) is 18.0 Å². The summed E-state index contributed by atoms with van der Waals surface area (Å²) in [6.07, 6.45) is -1.66. The molecule has 1 saturated carbocycles. The molecule has 5 N–H and O–H groups in total. The number of carbonyl (C=O) groups is 1. The second-order valence-corrected chi connectivity index (χ2v) is 10.8. The van der Waals surface area contributed by atoms with Gasteiger partial charge < -0.3 is 21.1 Å². The SMILES string of the molecule is COc1cccc(C(NCC2CC2)c2ccc(F)c(NC(=O)C3=CC(C)(C(F)(F)F)NN3c3cccc(CN)c3)c2)c1. The zero-order valence-electron chi connectivity index (χ0n) is 23.3. The zero-order chi connectivity index (χ0) is 30.1. The summed E-state index contributed by atoms with van der Waals surface area (Å²) >= 11 is 0. The third kappa shape index (κ3) is 6.28. The number of hydrogen-bond acceptors (Lipinski definition) is 6. The molecule has 1 heterocycles. The van der Waals surface area contributed by atoms with Crippen LogP contribution in [0, 0.1) is 11.7 Å². The summed E-state index contributed by atoms with van der Waals surface area (Å²) in [5.74, 6) is -0.408. The van der Waals surface area contributed by atoms with E-state index >= 15 is 4.39 Å². The number of nitrogens with one attached hydrogen (secondary N) is 3. The van der Waals surface area contributed by atoms with E-state index in [1.165, 1.54) is 12.1 Å². The van der Waals surface area contributed by atoms with Crippen LogP contribution in [0.3, 0.4) is 0 Å². The van der Waals surface area contributed by atoms with Crippen LogP contribution >= 0.6 is 0 Å². The van der Waals surface area contributed by atoms with Gasteiger partial charge in [0.25, 0.3) is 5.91 Å². The predicted molar refractivity (Wildman–Crippen MR) is 153 cm³/mol. The lowest BCUT2D eigenvalue weighted by molar-refractivity contribution is -0.174. The van der Waals surface area contributed by atoms with E-state index in [4.69, 9.17) is 10.5 Å². The zero-order valence-corrected chi connectivity index (χ0v) is 23.3. The fourth-order valence-corrected chi connectivity index (χ4v) is 4.86. The lowest BCUT2D eigenvalue weighted by Crippen LogP contribution is -2.55. The number of methoxy groups -OCH3 is 1. The Morgan fingerprint density at radius 1 is 1.12 bits per heavy atom. The van der Waals surface area contributed by atoms with Crippen LogP contribution in [0.2, 0.25) is 0 Å². The van der Waals surface area contributed by atoms with Crippen LogP contribution in [0.4, 0.5) is 28.9 Å². The van der Waals surface area contributed by atoms with Crippen molar-refractivity contribution in [2.24, 2.45) is 11.7 Å². The fourth-order valence-electron chi connectivity index (χ4n) is 4.86. The Bertz CT molecular complexity index is 1490. The monoisotopic (exact) mass is 583 g/mol. The van der Waals surface area contributed by atoms with Gasteiger partial charge in [0.15, 0.2) is 5.54 Å². The van der Waals surface area contributed by atoms with Crippen molar-refractivity contribution in [2.75, 3.05) is 24.0 Å². The average Bonchev–Trinajstić information content (AvgIpc) is 3.73. The second kappa shape index (κ2) is 11.7. The molecule has 0 radical (unpaired) electrons. The summed E-state index contributed by atoms with van der Waals surface area (Å²) in [6, 6.07) is 18.0. The van der Waals surface area contributed by atoms with Crippen molar-refractivity contribution < 1.29 is 27.1 Å². The standard InChI is InChI=1S/C31H33F4N5O2/c1-30(31(33,34)35)16-27(40(39-30)23-7-3-5-20(13-23)17-36)29(41)38-26-15-22(11-12-25(26)32)28(37-18-19-9-10-19)21-6-4-8-24(14-21)42-2/h3-8,11-16,19,28,37,39H,9-10,17-18,36H2,1-2H3,(H,38,41). The van der Waals surface area contributed by atoms with Crippen LogP contribution in [0.15, 0.2) is 78.5 Å². The van der Waals surface area contributed by atoms with Crippen LogP contribution in [-0.2, 0) is 11.3 Å². The molecule has 2 unspecified atom stereocenters. The minimum Gasteiger partial charge on any atom is -0.497 e. The molecule has 1 aliphatic carbocycles. The number of rotatable bonds is 10. The molecule has 2 aliphatic rings. The molecule has 1 amide bonds. The highest BCUT2D eigenvalue weighted by molar-refractivity contribution is 6.07. The highest BCUT2D eigenvalue weighted by Crippen LogP contribution is 2.39. The average molecular weight is 584 g/mol. The predicted octanol–water partition coefficient (Wildman–Crippen LogP) is 5.55. The lowest BCUT2D eigenvalue weighted by Gasteiger charge is -2.30. The minimum absolute atomic E-state index is 0.157. The maximum absolute atomic E-state index is 15.1. The van der Waals surface area contributed by atoms with E-state index in [1.807, 2.05) is 24.3 Å². The molecule has 3 aromatic rings. The molecular weight excluding hydrogens is 550 g/mol. The normalized spacial score (nSPS) is 19.4. The minimum atomic E-state index is -4.72. The molecule has 2 atom stereocenters. The van der Waals surface area contributed by atoms with Crippen LogP contribution in [0.25, 0.3) is 0 Å². The Balaban J connectivity index is 1.47. The maximum Gasteiger partial charge on any atom is 0.411 e. The molecule has 0 saturated heterocycles. The van der Waals surface area contributed by atoms with Gasteiger partial charge in [0.2, 0.25) is 0 Å². The molecule has 0 bridgehead atoms. The lowest BCUT2D eigenvalue weighted by atomic mass is 9.97. The van der Waals surface area contributed by atoms with Crippen molar-refractivity contribution in [1.82, 2.24) is 10.7 Å². The van der Waals surface area contributed by atoms with Crippen molar-refractivity contribution in [3.05, 3.63) is 101 Å². The largest absolute Gasteiger partial charge is 0.497 e. The second-order valence-electron chi connectivity index (χ2n) is 10.8. The van der Waals surface area contributed by atoms with Gasteiger partial charge in [-0.2, -0.15) is 13.2 Å². The number of ether oxygens (including phenoxy) is 1. The van der Waals surface area contributed by atoms with Crippen molar-refractivity contribution in [2.45, 2.75) is 44.1 Å². The van der Waals surface area contributed by atoms with Crippen LogP contribution < -0.4 is 31.5 Å². The van der Waals surface area contributed by atoms with Crippen molar-refractivity contribution in [3.63, 3.8) is 0 Å². The first-order chi connectivity index (χ1) is 20.0. The Hall–Kier alpha value is -3.93. The van der Waals surface area contributed by atoms with Gasteiger partial charge >= 0.3 is 6.18 Å². The number of nitrogens with zero attached hydrogens (tertiary/aromatic N) is 1. The van der Waals surface area contributed by atoms with Crippen LogP contribution in [-0.4, -0.2) is 31.3 Å². The first-order valence-corrected chi connectivity index (χ1v) is 13.7. The number of benzene rings is 3. The molecule has 7 nitrogen and oxygen atoms in total. The Kier molecular flexibility index (Phi) is 8.27. The molecule has 0 spiro atoms. The first-order valence-electron chi connectivity index (χ1n) is 13.7. The number of hydrogen-bond donors (Lipinski definition) is 4. The van der Waals surface area contributed by atoms with Gasteiger partial charge in [-0.1, -0.05) is 30.3 Å². The van der Waals surface area contributed by atoms with Gasteiger partial charge in [0.1, 0.15) is 17.3 Å². The molecule has 0 aromatic heterocycles. The van der Waals surface area contributed by atoms with E-state index in [0.29, 0.717) is 22.8 Å². The van der Waals surface area contributed by atoms with E-state index in [0.717, 1.165) is 43.0 Å². The highest BCUT2D eigenvalue weighted by Gasteiger charge is 2.55. The van der Waals surface area contributed by atoms with Gasteiger partial charge in [0, 0.05) is 6.54 Å². The number of nitrogens with two attached hydrogens (primary N) is 1. The summed E-state index contributed by atoms with van der Waals surface area (Å²) < 4.78 is 62.6. The van der Waals surface area contributed by atoms with E-state index in [2.05, 4.69) is 16.1 Å². The number of anilines is 2. The Morgan fingerprint density at radius 3 is 2.55 bits per heavy atom. The summed E-state index contributed by atoms with van der Waals surface area (Å²) in [7, 11) is 1.57. The maximum atomic E-state index is 15.1. The van der Waals surface area contributed by atoms with Gasteiger partial charge in [-0.25, -0.2) is 9.82 Å². The van der Waals surface area contributed by atoms with Crippen LogP contribution in [0.5, 0.6) is 5.75 Å². The van der Waals surface area contributed by atoms with E-state index < -0.39 is 23.4 Å². The van der Waals surface area contributed by atoms with Gasteiger partial charge in [-0.15, -0.1) is 0 Å². The number of alkyl halides is 3. The molecular formula is C31H33F4N5O2. The first kappa shape index (κ1) is 29.6. The third-order valence-electron chi connectivity index (χ3n) is 7.54. The number of hydrazine groups is 1. The molecule has 11 heteroatoms. The fraction of sp³-hybridized carbons (Fsp3) is 0.323. The number of carbonyl (C=O) groups excluding carboxylic acids is 1. The van der Waals surface area contributed by atoms with Crippen molar-refractivity contribution in [3.8, 4) is 5.75 Å². The molecule has 1 aliphatic heterocycles. The topological polar surface area (TPSA) is 91.6 Å². The van der Waals surface area contributed by atoms with Crippen LogP contribution in [0.1, 0.15) is 42.5 Å². The molecule has 1 fully saturated rings. The summed E-state index contributed by atoms with van der Waals surface area (Å²) in [6.45, 7) is 1.84. The van der Waals surface area contributed by atoms with Gasteiger partial charge in [-0.3, -0.25) is 9.80 Å². The van der Waals surface area contributed by atoms with Gasteiger partial charge in [-0.05, 0) is 91.4 Å². The quantitative estimate of drug-likeness (QED) is 0.234. The molecule has 222 valence electrons. The number of halogens is 4. The summed E-state index contributed by atoms with van der Waals surface area (Å²) in [4.78, 5) is 13.5. The number of amides is 1. The summed E-state index contributed by atoms with van der Waals surface area (Å²) in [5, 5.41) is 7.10. The van der Waals surface area contributed by atoms with E-state index in [-0.39, 0.29) is 29.7 Å². The summed E-state index contributed by atoms with van der Waals surface area (Å²) in [5.41, 5.74) is 7.60. The third-order valence-corrected chi connectivity index (χ3v) is 7.54. The van der Waals surface area contributed by atoms with Gasteiger partial charge in [0.05, 0.1) is 24.5 Å². The molecule has 42 heavy (non-hydrogen) atoms. The molecule has 3 aromatic carbocycles. The highest BCUT2D eigenvalue weighted by atomic mass is 19.4. The Labute approximate surface area is 241 Å². The Morgan fingerprint density at radius 2 is 1.86 bits per heavy atom. The van der Waals surface area contributed by atoms with Crippen molar-refractivity contribution >= 4 is 17.3 Å². The smallest absolute Gasteiger partial charge is 0.411 e.